The molecule has 1 aliphatic heterocycles. The highest BCUT2D eigenvalue weighted by molar-refractivity contribution is 6.22. The molecule has 2 unspecified atom stereocenters. The number of hydrogen-bond donors (Lipinski definition) is 0. The molecule has 1 aliphatic carbocycles. The summed E-state index contributed by atoms with van der Waals surface area (Å²) in [5, 5.41) is 9.74. The molecule has 2 nitrogen and oxygen atoms in total. The molecule has 0 saturated carbocycles. The number of rotatable bonds is 3. The van der Waals surface area contributed by atoms with Crippen LogP contribution in [-0.2, 0) is 0 Å². The number of furan rings is 1. The average Bonchev–Trinajstić information content (AvgIpc) is 3.75. The fourth-order valence-electron chi connectivity index (χ4n) is 8.54. The molecule has 0 bridgehead atoms. The maximum atomic E-state index is 6.78. The van der Waals surface area contributed by atoms with Gasteiger partial charge in [0.1, 0.15) is 23.0 Å². The Hall–Kier alpha value is -6.38. The number of ether oxygens (including phenoxy) is 1. The van der Waals surface area contributed by atoms with Crippen molar-refractivity contribution < 1.29 is 9.15 Å². The zero-order chi connectivity index (χ0) is 32.8. The lowest BCUT2D eigenvalue weighted by Crippen LogP contribution is -2.15. The van der Waals surface area contributed by atoms with Gasteiger partial charge in [-0.1, -0.05) is 140 Å². The first-order valence-electron chi connectivity index (χ1n) is 17.3. The fourth-order valence-corrected chi connectivity index (χ4v) is 8.54. The lowest BCUT2D eigenvalue weighted by atomic mass is 9.84. The fraction of sp³-hybridized carbons (Fsp3) is 0.0417. The second-order valence-electron chi connectivity index (χ2n) is 13.5. The van der Waals surface area contributed by atoms with Crippen LogP contribution in [0.2, 0.25) is 0 Å². The van der Waals surface area contributed by atoms with E-state index in [1.807, 2.05) is 6.07 Å². The van der Waals surface area contributed by atoms with Crippen molar-refractivity contribution in [2.24, 2.45) is 0 Å². The summed E-state index contributed by atoms with van der Waals surface area (Å²) < 4.78 is 13.3. The monoisotopic (exact) mass is 638 g/mol. The Labute approximate surface area is 289 Å². The second kappa shape index (κ2) is 10.6. The SMILES string of the molecule is C1=CC2Oc3c(-c4cccc(-c5c6ccccc6c(-c6ccc7ccccc7c6)c6ccccc56)c4)cc4c(oc5ccccc54)c3C2C=C1. The first kappa shape index (κ1) is 27.6. The van der Waals surface area contributed by atoms with Gasteiger partial charge in [0.15, 0.2) is 0 Å². The molecule has 8 aromatic carbocycles. The van der Waals surface area contributed by atoms with Crippen LogP contribution in [0.1, 0.15) is 11.5 Å². The first-order valence-corrected chi connectivity index (χ1v) is 17.3. The molecule has 50 heavy (non-hydrogen) atoms. The second-order valence-corrected chi connectivity index (χ2v) is 13.5. The molecule has 0 N–H and O–H groups in total. The Morgan fingerprint density at radius 2 is 1.06 bits per heavy atom. The quantitative estimate of drug-likeness (QED) is 0.180. The summed E-state index contributed by atoms with van der Waals surface area (Å²) >= 11 is 0. The summed E-state index contributed by atoms with van der Waals surface area (Å²) in [6.07, 6.45) is 8.57. The van der Waals surface area contributed by atoms with E-state index in [4.69, 9.17) is 9.15 Å². The van der Waals surface area contributed by atoms with Gasteiger partial charge >= 0.3 is 0 Å². The minimum atomic E-state index is -0.0497. The van der Waals surface area contributed by atoms with E-state index in [0.29, 0.717) is 0 Å². The maximum absolute atomic E-state index is 6.78. The molecule has 0 amide bonds. The van der Waals surface area contributed by atoms with Gasteiger partial charge in [-0.25, -0.2) is 0 Å². The number of para-hydroxylation sites is 1. The van der Waals surface area contributed by atoms with Crippen molar-refractivity contribution in [2.75, 3.05) is 0 Å². The van der Waals surface area contributed by atoms with Crippen LogP contribution in [0.25, 0.3) is 87.6 Å². The van der Waals surface area contributed by atoms with Crippen LogP contribution >= 0.6 is 0 Å². The number of hydrogen-bond acceptors (Lipinski definition) is 2. The van der Waals surface area contributed by atoms with Crippen molar-refractivity contribution in [1.29, 1.82) is 0 Å². The van der Waals surface area contributed by atoms with Gasteiger partial charge in [-0.3, -0.25) is 0 Å². The third-order valence-corrected chi connectivity index (χ3v) is 10.8. The molecule has 2 heterocycles. The van der Waals surface area contributed by atoms with Crippen molar-refractivity contribution in [3.63, 3.8) is 0 Å². The van der Waals surface area contributed by atoms with Gasteiger partial charge < -0.3 is 9.15 Å². The van der Waals surface area contributed by atoms with Crippen LogP contribution in [0.5, 0.6) is 5.75 Å². The topological polar surface area (TPSA) is 22.4 Å². The molecule has 2 aliphatic rings. The van der Waals surface area contributed by atoms with E-state index in [1.54, 1.807) is 0 Å². The number of fused-ring (bicyclic) bond motifs is 10. The van der Waals surface area contributed by atoms with Crippen molar-refractivity contribution in [2.45, 2.75) is 12.0 Å². The van der Waals surface area contributed by atoms with Crippen molar-refractivity contribution >= 4 is 54.3 Å². The van der Waals surface area contributed by atoms with Gasteiger partial charge in [-0.05, 0) is 90.5 Å². The average molecular weight is 639 g/mol. The molecule has 0 fully saturated rings. The highest BCUT2D eigenvalue weighted by Gasteiger charge is 2.37. The summed E-state index contributed by atoms with van der Waals surface area (Å²) in [4.78, 5) is 0. The van der Waals surface area contributed by atoms with Crippen LogP contribution < -0.4 is 4.74 Å². The van der Waals surface area contributed by atoms with Gasteiger partial charge in [0.25, 0.3) is 0 Å². The lowest BCUT2D eigenvalue weighted by Gasteiger charge is -2.19. The summed E-state index contributed by atoms with van der Waals surface area (Å²) in [5.41, 5.74) is 10.1. The summed E-state index contributed by atoms with van der Waals surface area (Å²) in [7, 11) is 0. The Morgan fingerprint density at radius 3 is 1.82 bits per heavy atom. The predicted octanol–water partition coefficient (Wildman–Crippen LogP) is 13.0. The minimum absolute atomic E-state index is 0.0497. The van der Waals surface area contributed by atoms with E-state index in [-0.39, 0.29) is 12.0 Å². The van der Waals surface area contributed by atoms with Crippen LogP contribution in [0.3, 0.4) is 0 Å². The molecule has 2 heteroatoms. The molecule has 0 spiro atoms. The van der Waals surface area contributed by atoms with Crippen molar-refractivity contribution in [3.8, 4) is 39.1 Å². The largest absolute Gasteiger partial charge is 0.484 e. The summed E-state index contributed by atoms with van der Waals surface area (Å²) in [5.74, 6) is 1.03. The van der Waals surface area contributed by atoms with Gasteiger partial charge in [-0.15, -0.1) is 0 Å². The standard InChI is InChI=1S/C48H30O2/c1-2-13-30-26-33(25-24-29(30)12-1)45-37-19-5-3-17-35(37)44(36-18-4-6-20-38(36)45)32-15-11-14-31(27-32)40-28-41-34-16-7-9-22-42(34)49-48(41)46-39-21-8-10-23-43(39)50-47(40)46/h1-28,39,43H. The van der Waals surface area contributed by atoms with Crippen LogP contribution in [-0.4, -0.2) is 6.10 Å². The van der Waals surface area contributed by atoms with Gasteiger partial charge in [0, 0.05) is 21.9 Å². The molecule has 1 aromatic heterocycles. The Balaban J connectivity index is 1.17. The molecular formula is C48H30O2. The first-order chi connectivity index (χ1) is 24.8. The van der Waals surface area contributed by atoms with Gasteiger partial charge in [-0.2, -0.15) is 0 Å². The van der Waals surface area contributed by atoms with E-state index in [9.17, 15) is 0 Å². The van der Waals surface area contributed by atoms with E-state index in [0.717, 1.165) is 44.4 Å². The molecule has 0 radical (unpaired) electrons. The highest BCUT2D eigenvalue weighted by Crippen LogP contribution is 2.53. The van der Waals surface area contributed by atoms with E-state index >= 15 is 0 Å². The predicted molar refractivity (Wildman–Crippen MR) is 208 cm³/mol. The van der Waals surface area contributed by atoms with Crippen LogP contribution in [0.4, 0.5) is 0 Å². The zero-order valence-corrected chi connectivity index (χ0v) is 27.1. The molecule has 234 valence electrons. The minimum Gasteiger partial charge on any atom is -0.484 e. The molecule has 11 rings (SSSR count). The summed E-state index contributed by atoms with van der Waals surface area (Å²) in [6, 6.07) is 52.9. The maximum Gasteiger partial charge on any atom is 0.143 e. The highest BCUT2D eigenvalue weighted by atomic mass is 16.5. The molecule has 9 aromatic rings. The Morgan fingerprint density at radius 1 is 0.440 bits per heavy atom. The molecule has 0 saturated heterocycles. The third-order valence-electron chi connectivity index (χ3n) is 10.8. The normalized spacial score (nSPS) is 16.4. The lowest BCUT2D eigenvalue weighted by molar-refractivity contribution is 0.270. The van der Waals surface area contributed by atoms with E-state index in [1.165, 1.54) is 54.6 Å². The van der Waals surface area contributed by atoms with E-state index < -0.39 is 0 Å². The van der Waals surface area contributed by atoms with Crippen molar-refractivity contribution in [1.82, 2.24) is 0 Å². The summed E-state index contributed by atoms with van der Waals surface area (Å²) in [6.45, 7) is 0. The smallest absolute Gasteiger partial charge is 0.143 e. The van der Waals surface area contributed by atoms with Crippen LogP contribution in [0.15, 0.2) is 174 Å². The molecular weight excluding hydrogens is 609 g/mol. The van der Waals surface area contributed by atoms with Crippen LogP contribution in [0, 0.1) is 0 Å². The van der Waals surface area contributed by atoms with E-state index in [2.05, 4.69) is 164 Å². The number of benzene rings is 8. The molecule has 2 atom stereocenters. The Bertz CT molecular complexity index is 2860. The van der Waals surface area contributed by atoms with Crippen molar-refractivity contribution in [3.05, 3.63) is 175 Å². The number of allylic oxidation sites excluding steroid dienone is 2. The van der Waals surface area contributed by atoms with Gasteiger partial charge in [0.2, 0.25) is 0 Å². The zero-order valence-electron chi connectivity index (χ0n) is 27.1. The third kappa shape index (κ3) is 3.96. The van der Waals surface area contributed by atoms with Gasteiger partial charge in [0.05, 0.1) is 5.92 Å². The Kier molecular flexibility index (Phi) is 5.82.